The lowest BCUT2D eigenvalue weighted by Gasteiger charge is -2.30. The first-order valence-corrected chi connectivity index (χ1v) is 7.45. The Balaban J connectivity index is 1.75. The van der Waals surface area contributed by atoms with Gasteiger partial charge in [-0.1, -0.05) is 0 Å². The summed E-state index contributed by atoms with van der Waals surface area (Å²) in [5.74, 6) is 0.455. The van der Waals surface area contributed by atoms with E-state index in [0.717, 1.165) is 45.3 Å². The zero-order valence-corrected chi connectivity index (χ0v) is 11.6. The Labute approximate surface area is 118 Å². The van der Waals surface area contributed by atoms with Gasteiger partial charge >= 0.3 is 0 Å². The highest BCUT2D eigenvalue weighted by molar-refractivity contribution is 5.94. The lowest BCUT2D eigenvalue weighted by molar-refractivity contribution is 0.0700. The summed E-state index contributed by atoms with van der Waals surface area (Å²) in [6, 6.07) is 3.68. The first-order valence-electron chi connectivity index (χ1n) is 7.45. The molecule has 20 heavy (non-hydrogen) atoms. The van der Waals surface area contributed by atoms with Crippen molar-refractivity contribution < 1.29 is 4.79 Å². The number of carbonyl (C=O) groups is 1. The van der Waals surface area contributed by atoms with Crippen LogP contribution < -0.4 is 10.9 Å². The molecule has 0 aromatic carbocycles. The van der Waals surface area contributed by atoms with E-state index in [9.17, 15) is 9.59 Å². The molecule has 1 aliphatic heterocycles. The minimum absolute atomic E-state index is 0.104. The molecule has 1 aromatic rings. The van der Waals surface area contributed by atoms with Crippen LogP contribution in [0.5, 0.6) is 0 Å². The van der Waals surface area contributed by atoms with Crippen molar-refractivity contribution in [1.82, 2.24) is 15.2 Å². The molecule has 1 saturated heterocycles. The Morgan fingerprint density at radius 2 is 2.00 bits per heavy atom. The van der Waals surface area contributed by atoms with Crippen molar-refractivity contribution in [1.29, 1.82) is 0 Å². The molecule has 0 bridgehead atoms. The molecule has 2 heterocycles. The average molecular weight is 275 g/mol. The van der Waals surface area contributed by atoms with Gasteiger partial charge in [-0.2, -0.15) is 0 Å². The number of carbonyl (C=O) groups excluding carboxylic acids is 1. The number of amides is 1. The van der Waals surface area contributed by atoms with Gasteiger partial charge in [0.25, 0.3) is 11.5 Å². The third-order valence-corrected chi connectivity index (χ3v) is 4.21. The predicted molar refractivity (Wildman–Crippen MR) is 76.7 cm³/mol. The average Bonchev–Trinajstić information content (AvgIpc) is 3.30. The largest absolute Gasteiger partial charge is 0.335 e. The van der Waals surface area contributed by atoms with Crippen LogP contribution in [0.1, 0.15) is 36.0 Å². The van der Waals surface area contributed by atoms with E-state index in [0.29, 0.717) is 12.0 Å². The van der Waals surface area contributed by atoms with Gasteiger partial charge in [0.1, 0.15) is 5.56 Å². The van der Waals surface area contributed by atoms with E-state index in [1.165, 1.54) is 0 Å². The first kappa shape index (κ1) is 13.4. The van der Waals surface area contributed by atoms with Gasteiger partial charge in [-0.05, 0) is 56.8 Å². The number of nitrogens with one attached hydrogen (secondary N) is 2. The standard InChI is InChI=1S/C15H21N3O2/c19-14-13(2-1-7-17-14)15(20)18(12-3-4-12)10-11-5-8-16-9-6-11/h1-2,7,11-12,16H,3-6,8-10H2,(H,17,19). The van der Waals surface area contributed by atoms with Gasteiger partial charge < -0.3 is 15.2 Å². The van der Waals surface area contributed by atoms with E-state index < -0.39 is 0 Å². The van der Waals surface area contributed by atoms with Crippen LogP contribution in [0, 0.1) is 5.92 Å². The second kappa shape index (κ2) is 5.79. The van der Waals surface area contributed by atoms with Gasteiger partial charge in [0.2, 0.25) is 0 Å². The number of aromatic amines is 1. The van der Waals surface area contributed by atoms with E-state index in [1.807, 2.05) is 4.90 Å². The maximum atomic E-state index is 12.6. The highest BCUT2D eigenvalue weighted by Gasteiger charge is 2.35. The van der Waals surface area contributed by atoms with Gasteiger partial charge in [-0.15, -0.1) is 0 Å². The van der Waals surface area contributed by atoms with Crippen LogP contribution in [-0.2, 0) is 0 Å². The van der Waals surface area contributed by atoms with E-state index >= 15 is 0 Å². The number of pyridine rings is 1. The Hall–Kier alpha value is -1.62. The van der Waals surface area contributed by atoms with Crippen molar-refractivity contribution in [2.75, 3.05) is 19.6 Å². The molecule has 5 nitrogen and oxygen atoms in total. The number of H-pyrrole nitrogens is 1. The second-order valence-corrected chi connectivity index (χ2v) is 5.79. The SMILES string of the molecule is O=C(c1ccc[nH]c1=O)N(CC1CCNCC1)C1CC1. The van der Waals surface area contributed by atoms with Gasteiger partial charge in [0, 0.05) is 18.8 Å². The second-order valence-electron chi connectivity index (χ2n) is 5.79. The monoisotopic (exact) mass is 275 g/mol. The minimum Gasteiger partial charge on any atom is -0.335 e. The third kappa shape index (κ3) is 2.93. The highest BCUT2D eigenvalue weighted by Crippen LogP contribution is 2.29. The molecule has 0 spiro atoms. The fourth-order valence-corrected chi connectivity index (χ4v) is 2.87. The van der Waals surface area contributed by atoms with E-state index in [-0.39, 0.29) is 17.0 Å². The molecule has 1 saturated carbocycles. The zero-order valence-electron chi connectivity index (χ0n) is 11.6. The topological polar surface area (TPSA) is 65.2 Å². The fraction of sp³-hybridized carbons (Fsp3) is 0.600. The maximum absolute atomic E-state index is 12.6. The minimum atomic E-state index is -0.284. The maximum Gasteiger partial charge on any atom is 0.260 e. The van der Waals surface area contributed by atoms with Crippen molar-refractivity contribution in [2.45, 2.75) is 31.7 Å². The molecule has 5 heteroatoms. The summed E-state index contributed by atoms with van der Waals surface area (Å²) in [7, 11) is 0. The molecule has 1 aliphatic carbocycles. The van der Waals surface area contributed by atoms with Crippen molar-refractivity contribution in [3.63, 3.8) is 0 Å². The Morgan fingerprint density at radius 3 is 2.65 bits per heavy atom. The number of nitrogens with zero attached hydrogens (tertiary/aromatic N) is 1. The smallest absolute Gasteiger partial charge is 0.260 e. The predicted octanol–water partition coefficient (Wildman–Crippen LogP) is 0.979. The molecule has 0 atom stereocenters. The van der Waals surface area contributed by atoms with Crippen LogP contribution >= 0.6 is 0 Å². The van der Waals surface area contributed by atoms with Gasteiger partial charge in [-0.3, -0.25) is 9.59 Å². The summed E-state index contributed by atoms with van der Waals surface area (Å²) < 4.78 is 0. The van der Waals surface area contributed by atoms with Crippen LogP contribution in [0.2, 0.25) is 0 Å². The van der Waals surface area contributed by atoms with Crippen LogP contribution in [-0.4, -0.2) is 41.5 Å². The molecule has 2 aliphatic rings. The van der Waals surface area contributed by atoms with Gasteiger partial charge in [0.15, 0.2) is 0 Å². The van der Waals surface area contributed by atoms with E-state index in [2.05, 4.69) is 10.3 Å². The summed E-state index contributed by atoms with van der Waals surface area (Å²) in [6.45, 7) is 2.85. The molecular weight excluding hydrogens is 254 g/mol. The molecule has 2 fully saturated rings. The van der Waals surface area contributed by atoms with E-state index in [4.69, 9.17) is 0 Å². The summed E-state index contributed by atoms with van der Waals surface area (Å²) >= 11 is 0. The molecule has 1 aromatic heterocycles. The Kier molecular flexibility index (Phi) is 3.87. The highest BCUT2D eigenvalue weighted by atomic mass is 16.2. The van der Waals surface area contributed by atoms with Gasteiger partial charge in [-0.25, -0.2) is 0 Å². The number of rotatable bonds is 4. The summed E-state index contributed by atoms with van der Waals surface area (Å²) in [6.07, 6.45) is 5.93. The molecule has 1 amide bonds. The van der Waals surface area contributed by atoms with Crippen LogP contribution in [0.3, 0.4) is 0 Å². The quantitative estimate of drug-likeness (QED) is 0.861. The fourth-order valence-electron chi connectivity index (χ4n) is 2.87. The number of hydrogen-bond acceptors (Lipinski definition) is 3. The molecule has 108 valence electrons. The summed E-state index contributed by atoms with van der Waals surface area (Å²) in [4.78, 5) is 28.9. The summed E-state index contributed by atoms with van der Waals surface area (Å²) in [5.41, 5.74) is -0.0122. The molecule has 2 N–H and O–H groups in total. The van der Waals surface area contributed by atoms with Crippen molar-refractivity contribution in [2.24, 2.45) is 5.92 Å². The van der Waals surface area contributed by atoms with Crippen LogP contribution in [0.15, 0.2) is 23.1 Å². The van der Waals surface area contributed by atoms with Crippen LogP contribution in [0.25, 0.3) is 0 Å². The summed E-state index contributed by atoms with van der Waals surface area (Å²) in [5, 5.41) is 3.34. The van der Waals surface area contributed by atoms with Crippen LogP contribution in [0.4, 0.5) is 0 Å². The molecule has 0 radical (unpaired) electrons. The van der Waals surface area contributed by atoms with Crippen molar-refractivity contribution in [3.05, 3.63) is 34.2 Å². The van der Waals surface area contributed by atoms with Crippen molar-refractivity contribution >= 4 is 5.91 Å². The normalized spacial score (nSPS) is 19.8. The lowest BCUT2D eigenvalue weighted by atomic mass is 9.97. The zero-order chi connectivity index (χ0) is 13.9. The molecule has 0 unspecified atom stereocenters. The lowest BCUT2D eigenvalue weighted by Crippen LogP contribution is -2.42. The Morgan fingerprint density at radius 1 is 1.25 bits per heavy atom. The third-order valence-electron chi connectivity index (χ3n) is 4.21. The molecular formula is C15H21N3O2. The van der Waals surface area contributed by atoms with Crippen molar-refractivity contribution in [3.8, 4) is 0 Å². The molecule has 3 rings (SSSR count). The van der Waals surface area contributed by atoms with Gasteiger partial charge in [0.05, 0.1) is 0 Å². The van der Waals surface area contributed by atoms with E-state index in [1.54, 1.807) is 18.3 Å². The number of aromatic nitrogens is 1. The number of hydrogen-bond donors (Lipinski definition) is 2. The Bertz CT molecular complexity index is 530. The number of piperidine rings is 1. The first-order chi connectivity index (χ1) is 9.75.